The summed E-state index contributed by atoms with van der Waals surface area (Å²) in [6.45, 7) is 4.54. The molecule has 0 aliphatic rings. The van der Waals surface area contributed by atoms with Crippen molar-refractivity contribution >= 4 is 23.2 Å². The quantitative estimate of drug-likeness (QED) is 0.434. The molecule has 0 bridgehead atoms. The summed E-state index contributed by atoms with van der Waals surface area (Å²) >= 11 is 5.92. The van der Waals surface area contributed by atoms with E-state index in [2.05, 4.69) is 15.4 Å². The number of amides is 1. The molecule has 0 aliphatic heterocycles. The van der Waals surface area contributed by atoms with Gasteiger partial charge in [0.25, 0.3) is 5.91 Å². The molecule has 1 N–H and O–H groups in total. The monoisotopic (exact) mass is 432 g/mol. The Hall–Kier alpha value is -3.64. The fourth-order valence-corrected chi connectivity index (χ4v) is 3.26. The van der Waals surface area contributed by atoms with Crippen LogP contribution in [0.3, 0.4) is 0 Å². The highest BCUT2D eigenvalue weighted by molar-refractivity contribution is 6.30. The number of aromatic nitrogens is 3. The molecule has 0 fully saturated rings. The Balaban J connectivity index is 1.72. The second-order valence-corrected chi connectivity index (χ2v) is 7.36. The summed E-state index contributed by atoms with van der Waals surface area (Å²) in [7, 11) is 0. The van der Waals surface area contributed by atoms with Crippen molar-refractivity contribution < 1.29 is 9.53 Å². The first-order chi connectivity index (χ1) is 15.0. The lowest BCUT2D eigenvalue weighted by Gasteiger charge is -2.08. The molecule has 6 nitrogen and oxygen atoms in total. The van der Waals surface area contributed by atoms with Crippen molar-refractivity contribution in [3.8, 4) is 22.8 Å². The fourth-order valence-electron chi connectivity index (χ4n) is 3.13. The Kier molecular flexibility index (Phi) is 6.00. The van der Waals surface area contributed by atoms with E-state index in [1.807, 2.05) is 62.4 Å². The Labute approximate surface area is 185 Å². The van der Waals surface area contributed by atoms with Crippen LogP contribution in [0.1, 0.15) is 23.1 Å². The van der Waals surface area contributed by atoms with Gasteiger partial charge in [0.2, 0.25) is 5.82 Å². The van der Waals surface area contributed by atoms with Crippen LogP contribution in [0.15, 0.2) is 72.8 Å². The van der Waals surface area contributed by atoms with E-state index in [1.165, 1.54) is 0 Å². The molecular formula is C24H21ClN4O2. The average molecular weight is 433 g/mol. The lowest BCUT2D eigenvalue weighted by Crippen LogP contribution is -2.14. The molecule has 0 atom stereocenters. The van der Waals surface area contributed by atoms with Gasteiger partial charge < -0.3 is 10.1 Å². The van der Waals surface area contributed by atoms with Crippen LogP contribution in [-0.2, 0) is 0 Å². The zero-order valence-electron chi connectivity index (χ0n) is 17.2. The van der Waals surface area contributed by atoms with E-state index in [0.29, 0.717) is 23.1 Å². The normalized spacial score (nSPS) is 10.7. The number of anilines is 1. The van der Waals surface area contributed by atoms with Crippen LogP contribution in [-0.4, -0.2) is 27.3 Å². The maximum absolute atomic E-state index is 12.8. The standard InChI is InChI=1S/C24H21ClN4O2/c1-3-31-21-13-11-20(12-14-21)29-23(17-6-4-5-16(2)15-17)27-22(28-29)24(30)26-19-9-7-18(25)8-10-19/h4-15H,3H2,1-2H3,(H,26,30). The summed E-state index contributed by atoms with van der Waals surface area (Å²) in [5, 5.41) is 7.91. The van der Waals surface area contributed by atoms with Gasteiger partial charge in [0.15, 0.2) is 5.82 Å². The van der Waals surface area contributed by atoms with Crippen molar-refractivity contribution in [2.24, 2.45) is 0 Å². The van der Waals surface area contributed by atoms with Gasteiger partial charge in [0.1, 0.15) is 5.75 Å². The molecule has 156 valence electrons. The van der Waals surface area contributed by atoms with Crippen molar-refractivity contribution in [1.82, 2.24) is 14.8 Å². The highest BCUT2D eigenvalue weighted by atomic mass is 35.5. The van der Waals surface area contributed by atoms with Crippen molar-refractivity contribution in [3.05, 3.63) is 89.2 Å². The van der Waals surface area contributed by atoms with E-state index in [0.717, 1.165) is 22.6 Å². The van der Waals surface area contributed by atoms with E-state index in [1.54, 1.807) is 28.9 Å². The van der Waals surface area contributed by atoms with Crippen molar-refractivity contribution in [1.29, 1.82) is 0 Å². The van der Waals surface area contributed by atoms with Gasteiger partial charge in [-0.1, -0.05) is 35.4 Å². The molecule has 0 aliphatic carbocycles. The second kappa shape index (κ2) is 9.02. The summed E-state index contributed by atoms with van der Waals surface area (Å²) in [5.41, 5.74) is 3.35. The Morgan fingerprint density at radius 2 is 1.81 bits per heavy atom. The Morgan fingerprint density at radius 3 is 2.48 bits per heavy atom. The minimum atomic E-state index is -0.402. The molecule has 0 unspecified atom stereocenters. The molecule has 1 aromatic heterocycles. The molecule has 1 heterocycles. The number of nitrogens with one attached hydrogen (secondary N) is 1. The summed E-state index contributed by atoms with van der Waals surface area (Å²) in [6.07, 6.45) is 0. The number of hydrogen-bond acceptors (Lipinski definition) is 4. The first kappa shape index (κ1) is 20.6. The minimum Gasteiger partial charge on any atom is -0.494 e. The molecule has 0 saturated heterocycles. The molecule has 4 rings (SSSR count). The highest BCUT2D eigenvalue weighted by Gasteiger charge is 2.19. The van der Waals surface area contributed by atoms with E-state index in [9.17, 15) is 4.79 Å². The van der Waals surface area contributed by atoms with Crippen molar-refractivity contribution in [2.75, 3.05) is 11.9 Å². The fraction of sp³-hybridized carbons (Fsp3) is 0.125. The van der Waals surface area contributed by atoms with Crippen LogP contribution in [0, 0.1) is 6.92 Å². The molecule has 31 heavy (non-hydrogen) atoms. The summed E-state index contributed by atoms with van der Waals surface area (Å²) in [4.78, 5) is 17.4. The number of aryl methyl sites for hydroxylation is 1. The maximum Gasteiger partial charge on any atom is 0.295 e. The van der Waals surface area contributed by atoms with Crippen LogP contribution >= 0.6 is 11.6 Å². The van der Waals surface area contributed by atoms with Gasteiger partial charge in [-0.15, -0.1) is 5.10 Å². The van der Waals surface area contributed by atoms with E-state index < -0.39 is 5.91 Å². The van der Waals surface area contributed by atoms with Crippen LogP contribution in [0.2, 0.25) is 5.02 Å². The van der Waals surface area contributed by atoms with Gasteiger partial charge in [0.05, 0.1) is 12.3 Å². The number of rotatable bonds is 6. The number of nitrogens with zero attached hydrogens (tertiary/aromatic N) is 3. The number of benzene rings is 3. The molecule has 0 spiro atoms. The second-order valence-electron chi connectivity index (χ2n) is 6.93. The predicted octanol–water partition coefficient (Wildman–Crippen LogP) is 5.55. The van der Waals surface area contributed by atoms with Crippen LogP contribution in [0.5, 0.6) is 5.75 Å². The number of carbonyl (C=O) groups is 1. The lowest BCUT2D eigenvalue weighted by atomic mass is 10.1. The van der Waals surface area contributed by atoms with Crippen molar-refractivity contribution in [3.63, 3.8) is 0 Å². The van der Waals surface area contributed by atoms with Crippen LogP contribution < -0.4 is 10.1 Å². The summed E-state index contributed by atoms with van der Waals surface area (Å²) in [5.74, 6) is 1.01. The SMILES string of the molecule is CCOc1ccc(-n2nc(C(=O)Nc3ccc(Cl)cc3)nc2-c2cccc(C)c2)cc1. The lowest BCUT2D eigenvalue weighted by molar-refractivity contribution is 0.101. The summed E-state index contributed by atoms with van der Waals surface area (Å²) in [6, 6.07) is 22.3. The number of carbonyl (C=O) groups excluding carboxylic acids is 1. The smallest absolute Gasteiger partial charge is 0.295 e. The number of hydrogen-bond donors (Lipinski definition) is 1. The van der Waals surface area contributed by atoms with Gasteiger partial charge in [-0.25, -0.2) is 9.67 Å². The molecular weight excluding hydrogens is 412 g/mol. The summed E-state index contributed by atoms with van der Waals surface area (Å²) < 4.78 is 7.19. The third kappa shape index (κ3) is 4.75. The number of halogens is 1. The van der Waals surface area contributed by atoms with Gasteiger partial charge in [-0.2, -0.15) is 0 Å². The molecule has 7 heteroatoms. The average Bonchev–Trinajstić information content (AvgIpc) is 3.22. The van der Waals surface area contributed by atoms with Gasteiger partial charge in [-0.3, -0.25) is 4.79 Å². The molecule has 3 aromatic carbocycles. The Bertz CT molecular complexity index is 1200. The molecule has 4 aromatic rings. The molecule has 0 radical (unpaired) electrons. The van der Waals surface area contributed by atoms with E-state index >= 15 is 0 Å². The maximum atomic E-state index is 12.8. The minimum absolute atomic E-state index is 0.0698. The van der Waals surface area contributed by atoms with E-state index in [4.69, 9.17) is 16.3 Å². The number of ether oxygens (including phenoxy) is 1. The zero-order valence-corrected chi connectivity index (χ0v) is 17.9. The Morgan fingerprint density at radius 1 is 1.06 bits per heavy atom. The first-order valence-corrected chi connectivity index (χ1v) is 10.3. The zero-order chi connectivity index (χ0) is 21.8. The van der Waals surface area contributed by atoms with Crippen LogP contribution in [0.25, 0.3) is 17.1 Å². The van der Waals surface area contributed by atoms with Gasteiger partial charge in [-0.05, 0) is 68.4 Å². The highest BCUT2D eigenvalue weighted by Crippen LogP contribution is 2.24. The predicted molar refractivity (Wildman–Crippen MR) is 122 cm³/mol. The van der Waals surface area contributed by atoms with E-state index in [-0.39, 0.29) is 5.82 Å². The third-order valence-corrected chi connectivity index (χ3v) is 4.83. The third-order valence-electron chi connectivity index (χ3n) is 4.58. The van der Waals surface area contributed by atoms with Crippen LogP contribution in [0.4, 0.5) is 5.69 Å². The molecule has 1 amide bonds. The molecule has 0 saturated carbocycles. The van der Waals surface area contributed by atoms with Gasteiger partial charge >= 0.3 is 0 Å². The topological polar surface area (TPSA) is 69.0 Å². The van der Waals surface area contributed by atoms with Crippen molar-refractivity contribution in [2.45, 2.75) is 13.8 Å². The van der Waals surface area contributed by atoms with Gasteiger partial charge in [0, 0.05) is 16.3 Å². The first-order valence-electron chi connectivity index (χ1n) is 9.88. The largest absolute Gasteiger partial charge is 0.494 e.